The number of anilines is 1. The molecule has 104 valence electrons. The summed E-state index contributed by atoms with van der Waals surface area (Å²) >= 11 is 0. The lowest BCUT2D eigenvalue weighted by atomic mass is 9.93. The van der Waals surface area contributed by atoms with Gasteiger partial charge in [-0.05, 0) is 44.7 Å². The van der Waals surface area contributed by atoms with Crippen molar-refractivity contribution < 1.29 is 9.90 Å². The standard InChI is InChI=1S/C14H21N3O2/c1-9-2-7-13(17-15)12(8-9)14(19)16-10-3-5-11(18)6-4-10/h2,7-8,10-11,17-18H,3-6,15H2,1H3,(H,16,19). The number of hydrogen-bond acceptors (Lipinski definition) is 4. The molecule has 0 bridgehead atoms. The van der Waals surface area contributed by atoms with Crippen LogP contribution in [-0.2, 0) is 0 Å². The average molecular weight is 263 g/mol. The summed E-state index contributed by atoms with van der Waals surface area (Å²) in [5.41, 5.74) is 4.75. The molecule has 5 N–H and O–H groups in total. The number of benzene rings is 1. The molecule has 1 fully saturated rings. The zero-order chi connectivity index (χ0) is 13.8. The fraction of sp³-hybridized carbons (Fsp3) is 0.500. The van der Waals surface area contributed by atoms with Gasteiger partial charge < -0.3 is 15.8 Å². The van der Waals surface area contributed by atoms with Crippen molar-refractivity contribution in [3.8, 4) is 0 Å². The molecule has 0 radical (unpaired) electrons. The molecule has 0 aliphatic heterocycles. The minimum Gasteiger partial charge on any atom is -0.393 e. The SMILES string of the molecule is Cc1ccc(NN)c(C(=O)NC2CCC(O)CC2)c1. The fourth-order valence-corrected chi connectivity index (χ4v) is 2.46. The van der Waals surface area contributed by atoms with Crippen LogP contribution in [-0.4, -0.2) is 23.2 Å². The summed E-state index contributed by atoms with van der Waals surface area (Å²) in [6.07, 6.45) is 2.93. The molecule has 0 atom stereocenters. The number of nitrogen functional groups attached to an aromatic ring is 1. The van der Waals surface area contributed by atoms with Gasteiger partial charge in [0.05, 0.1) is 17.4 Å². The number of carbonyl (C=O) groups excluding carboxylic acids is 1. The predicted octanol–water partition coefficient (Wildman–Crippen LogP) is 1.31. The van der Waals surface area contributed by atoms with Crippen LogP contribution in [0.4, 0.5) is 5.69 Å². The van der Waals surface area contributed by atoms with Gasteiger partial charge in [0.15, 0.2) is 0 Å². The van der Waals surface area contributed by atoms with Crippen LogP contribution in [0.2, 0.25) is 0 Å². The molecule has 0 unspecified atom stereocenters. The summed E-state index contributed by atoms with van der Waals surface area (Å²) < 4.78 is 0. The van der Waals surface area contributed by atoms with Gasteiger partial charge in [0.2, 0.25) is 0 Å². The summed E-state index contributed by atoms with van der Waals surface area (Å²) in [6.45, 7) is 1.94. The number of hydrazine groups is 1. The molecule has 1 aromatic rings. The van der Waals surface area contributed by atoms with E-state index in [1.54, 1.807) is 6.07 Å². The molecule has 0 spiro atoms. The smallest absolute Gasteiger partial charge is 0.253 e. The Morgan fingerprint density at radius 2 is 2.00 bits per heavy atom. The Labute approximate surface area is 113 Å². The van der Waals surface area contributed by atoms with E-state index in [-0.39, 0.29) is 18.1 Å². The number of nitrogens with one attached hydrogen (secondary N) is 2. The first-order chi connectivity index (χ1) is 9.10. The minimum atomic E-state index is -0.214. The predicted molar refractivity (Wildman–Crippen MR) is 74.7 cm³/mol. The number of amides is 1. The molecule has 1 aliphatic carbocycles. The van der Waals surface area contributed by atoms with Crippen LogP contribution in [0.1, 0.15) is 41.6 Å². The van der Waals surface area contributed by atoms with Crippen LogP contribution in [0.15, 0.2) is 18.2 Å². The monoisotopic (exact) mass is 263 g/mol. The lowest BCUT2D eigenvalue weighted by molar-refractivity contribution is 0.0868. The Hall–Kier alpha value is -1.59. The number of carbonyl (C=O) groups is 1. The Balaban J connectivity index is 2.05. The zero-order valence-electron chi connectivity index (χ0n) is 11.1. The van der Waals surface area contributed by atoms with Gasteiger partial charge in [-0.3, -0.25) is 10.6 Å². The number of aliphatic hydroxyl groups is 1. The van der Waals surface area contributed by atoms with Crippen molar-refractivity contribution in [3.05, 3.63) is 29.3 Å². The second kappa shape index (κ2) is 6.04. The molecule has 0 heterocycles. The first-order valence-corrected chi connectivity index (χ1v) is 6.66. The second-order valence-corrected chi connectivity index (χ2v) is 5.17. The van der Waals surface area contributed by atoms with Crippen LogP contribution < -0.4 is 16.6 Å². The number of hydrogen-bond donors (Lipinski definition) is 4. The highest BCUT2D eigenvalue weighted by atomic mass is 16.3. The van der Waals surface area contributed by atoms with Crippen LogP contribution in [0, 0.1) is 6.92 Å². The van der Waals surface area contributed by atoms with E-state index >= 15 is 0 Å². The van der Waals surface area contributed by atoms with Crippen molar-refractivity contribution in [1.82, 2.24) is 5.32 Å². The van der Waals surface area contributed by atoms with E-state index in [1.807, 2.05) is 19.1 Å². The molecular weight excluding hydrogens is 242 g/mol. The molecule has 2 rings (SSSR count). The topological polar surface area (TPSA) is 87.4 Å². The van der Waals surface area contributed by atoms with E-state index in [0.29, 0.717) is 11.3 Å². The van der Waals surface area contributed by atoms with Gasteiger partial charge in [0, 0.05) is 6.04 Å². The maximum absolute atomic E-state index is 12.3. The van der Waals surface area contributed by atoms with Crippen LogP contribution in [0.3, 0.4) is 0 Å². The van der Waals surface area contributed by atoms with E-state index in [2.05, 4.69) is 10.7 Å². The Morgan fingerprint density at radius 3 is 2.63 bits per heavy atom. The number of aryl methyl sites for hydroxylation is 1. The van der Waals surface area contributed by atoms with Crippen molar-refractivity contribution in [2.75, 3.05) is 5.43 Å². The second-order valence-electron chi connectivity index (χ2n) is 5.17. The summed E-state index contributed by atoms with van der Waals surface area (Å²) in [7, 11) is 0. The summed E-state index contributed by atoms with van der Waals surface area (Å²) in [4.78, 5) is 12.3. The van der Waals surface area contributed by atoms with Crippen LogP contribution in [0.5, 0.6) is 0 Å². The quantitative estimate of drug-likeness (QED) is 0.489. The Kier molecular flexibility index (Phi) is 4.39. The highest BCUT2D eigenvalue weighted by Crippen LogP contribution is 2.20. The highest BCUT2D eigenvalue weighted by molar-refractivity contribution is 5.99. The highest BCUT2D eigenvalue weighted by Gasteiger charge is 2.22. The number of rotatable bonds is 3. The summed E-state index contributed by atoms with van der Waals surface area (Å²) in [6, 6.07) is 5.67. The van der Waals surface area contributed by atoms with Crippen LogP contribution in [0.25, 0.3) is 0 Å². The fourth-order valence-electron chi connectivity index (χ4n) is 2.46. The molecule has 1 amide bonds. The van der Waals surface area contributed by atoms with Gasteiger partial charge in [0.1, 0.15) is 0 Å². The van der Waals surface area contributed by atoms with Gasteiger partial charge in [-0.15, -0.1) is 0 Å². The van der Waals surface area contributed by atoms with Crippen molar-refractivity contribution in [2.45, 2.75) is 44.8 Å². The van der Waals surface area contributed by atoms with Crippen molar-refractivity contribution >= 4 is 11.6 Å². The molecule has 1 aromatic carbocycles. The van der Waals surface area contributed by atoms with Gasteiger partial charge in [-0.1, -0.05) is 11.6 Å². The molecule has 0 aromatic heterocycles. The summed E-state index contributed by atoms with van der Waals surface area (Å²) in [5, 5.41) is 12.5. The van der Waals surface area contributed by atoms with Gasteiger partial charge in [-0.25, -0.2) is 0 Å². The molecule has 5 heteroatoms. The molecule has 1 saturated carbocycles. The molecule has 0 saturated heterocycles. The minimum absolute atomic E-state index is 0.113. The molecule has 5 nitrogen and oxygen atoms in total. The number of nitrogens with two attached hydrogens (primary N) is 1. The first kappa shape index (κ1) is 13.8. The van der Waals surface area contributed by atoms with Gasteiger partial charge in [-0.2, -0.15) is 0 Å². The normalized spacial score (nSPS) is 22.9. The van der Waals surface area contributed by atoms with E-state index in [1.165, 1.54) is 0 Å². The largest absolute Gasteiger partial charge is 0.393 e. The van der Waals surface area contributed by atoms with Gasteiger partial charge in [0.25, 0.3) is 5.91 Å². The zero-order valence-corrected chi connectivity index (χ0v) is 11.1. The van der Waals surface area contributed by atoms with E-state index in [0.717, 1.165) is 31.2 Å². The third-order valence-corrected chi connectivity index (χ3v) is 3.61. The van der Waals surface area contributed by atoms with Gasteiger partial charge >= 0.3 is 0 Å². The lowest BCUT2D eigenvalue weighted by Gasteiger charge is -2.26. The lowest BCUT2D eigenvalue weighted by Crippen LogP contribution is -2.39. The first-order valence-electron chi connectivity index (χ1n) is 6.66. The van der Waals surface area contributed by atoms with Crippen molar-refractivity contribution in [3.63, 3.8) is 0 Å². The van der Waals surface area contributed by atoms with Crippen LogP contribution >= 0.6 is 0 Å². The summed E-state index contributed by atoms with van der Waals surface area (Å²) in [5.74, 6) is 5.31. The average Bonchev–Trinajstić information content (AvgIpc) is 2.41. The van der Waals surface area contributed by atoms with Crippen molar-refractivity contribution in [2.24, 2.45) is 5.84 Å². The maximum atomic E-state index is 12.3. The maximum Gasteiger partial charge on any atom is 0.253 e. The van der Waals surface area contributed by atoms with E-state index in [9.17, 15) is 9.90 Å². The third kappa shape index (κ3) is 3.45. The number of aliphatic hydroxyl groups excluding tert-OH is 1. The molecular formula is C14H21N3O2. The van der Waals surface area contributed by atoms with Crippen molar-refractivity contribution in [1.29, 1.82) is 0 Å². The molecule has 1 aliphatic rings. The molecule has 19 heavy (non-hydrogen) atoms. The van der Waals surface area contributed by atoms with E-state index in [4.69, 9.17) is 5.84 Å². The third-order valence-electron chi connectivity index (χ3n) is 3.61. The van der Waals surface area contributed by atoms with E-state index < -0.39 is 0 Å². The Morgan fingerprint density at radius 1 is 1.32 bits per heavy atom. The Bertz CT molecular complexity index is 454.